The first-order chi connectivity index (χ1) is 6.41. The van der Waals surface area contributed by atoms with Crippen LogP contribution in [0.4, 0.5) is 0 Å². The van der Waals surface area contributed by atoms with Crippen molar-refractivity contribution < 1.29 is 14.6 Å². The van der Waals surface area contributed by atoms with Crippen molar-refractivity contribution >= 4 is 5.97 Å². The first-order valence-corrected chi connectivity index (χ1v) is 5.29. The van der Waals surface area contributed by atoms with Gasteiger partial charge in [-0.1, -0.05) is 13.8 Å². The van der Waals surface area contributed by atoms with Gasteiger partial charge in [-0.25, -0.2) is 0 Å². The predicted molar refractivity (Wildman–Crippen MR) is 55.9 cm³/mol. The summed E-state index contributed by atoms with van der Waals surface area (Å²) in [6, 6.07) is 0. The molecule has 0 aliphatic heterocycles. The maximum absolute atomic E-state index is 11.2. The largest absolute Gasteiger partial charge is 0.463 e. The van der Waals surface area contributed by atoms with E-state index in [1.54, 1.807) is 6.92 Å². The van der Waals surface area contributed by atoms with Crippen molar-refractivity contribution in [3.8, 4) is 0 Å². The van der Waals surface area contributed by atoms with E-state index in [2.05, 4.69) is 0 Å². The van der Waals surface area contributed by atoms with E-state index in [9.17, 15) is 4.79 Å². The summed E-state index contributed by atoms with van der Waals surface area (Å²) < 4.78 is 5.16. The molecule has 84 valence electrons. The Morgan fingerprint density at radius 3 is 2.21 bits per heavy atom. The molecule has 0 amide bonds. The lowest BCUT2D eigenvalue weighted by molar-refractivity contribution is -0.149. The van der Waals surface area contributed by atoms with Crippen LogP contribution in [0.15, 0.2) is 0 Å². The number of aliphatic hydroxyl groups excluding tert-OH is 1. The fraction of sp³-hybridized carbons (Fsp3) is 0.909. The number of esters is 1. The summed E-state index contributed by atoms with van der Waals surface area (Å²) in [6.07, 6.45) is 1.47. The number of hydrogen-bond donors (Lipinski definition) is 1. The molecule has 2 atom stereocenters. The maximum atomic E-state index is 11.2. The molecule has 0 fully saturated rings. The highest BCUT2D eigenvalue weighted by atomic mass is 16.5. The van der Waals surface area contributed by atoms with Gasteiger partial charge in [0, 0.05) is 6.42 Å². The molecule has 0 heterocycles. The van der Waals surface area contributed by atoms with Crippen LogP contribution in [-0.2, 0) is 9.53 Å². The fourth-order valence-corrected chi connectivity index (χ4v) is 1.14. The van der Waals surface area contributed by atoms with Crippen molar-refractivity contribution in [1.82, 2.24) is 0 Å². The molecule has 2 unspecified atom stereocenters. The number of rotatable bonds is 6. The van der Waals surface area contributed by atoms with Gasteiger partial charge in [0.1, 0.15) is 0 Å². The van der Waals surface area contributed by atoms with Gasteiger partial charge in [-0.15, -0.1) is 0 Å². The zero-order valence-corrected chi connectivity index (χ0v) is 9.62. The third-order valence-electron chi connectivity index (χ3n) is 1.90. The Bertz CT molecular complexity index is 164. The quantitative estimate of drug-likeness (QED) is 0.671. The van der Waals surface area contributed by atoms with E-state index < -0.39 is 0 Å². The van der Waals surface area contributed by atoms with Crippen LogP contribution in [0.5, 0.6) is 0 Å². The summed E-state index contributed by atoms with van der Waals surface area (Å²) >= 11 is 0. The van der Waals surface area contributed by atoms with E-state index in [0.29, 0.717) is 18.8 Å². The average molecular weight is 202 g/mol. The Morgan fingerprint density at radius 1 is 1.21 bits per heavy atom. The lowest BCUT2D eigenvalue weighted by Crippen LogP contribution is -2.17. The number of aliphatic hydroxyl groups is 1. The molecule has 0 aromatic rings. The second-order valence-electron chi connectivity index (χ2n) is 4.32. The van der Waals surface area contributed by atoms with Crippen molar-refractivity contribution in [1.29, 1.82) is 0 Å². The van der Waals surface area contributed by atoms with Crippen molar-refractivity contribution in [2.24, 2.45) is 5.92 Å². The van der Waals surface area contributed by atoms with Gasteiger partial charge in [-0.2, -0.15) is 0 Å². The van der Waals surface area contributed by atoms with Crippen molar-refractivity contribution in [2.75, 3.05) is 0 Å². The van der Waals surface area contributed by atoms with Crippen molar-refractivity contribution in [3.05, 3.63) is 0 Å². The highest BCUT2D eigenvalue weighted by Crippen LogP contribution is 2.08. The smallest absolute Gasteiger partial charge is 0.306 e. The van der Waals surface area contributed by atoms with Crippen LogP contribution in [0.2, 0.25) is 0 Å². The second kappa shape index (κ2) is 6.82. The minimum Gasteiger partial charge on any atom is -0.463 e. The van der Waals surface area contributed by atoms with E-state index in [-0.39, 0.29) is 18.2 Å². The summed E-state index contributed by atoms with van der Waals surface area (Å²) in [5.41, 5.74) is 0. The van der Waals surface area contributed by atoms with Gasteiger partial charge in [0.2, 0.25) is 0 Å². The molecule has 0 saturated heterocycles. The van der Waals surface area contributed by atoms with Crippen LogP contribution >= 0.6 is 0 Å². The standard InChI is InChI=1S/C11H22O3/c1-8(2)7-11(13)14-10(4)6-5-9(3)12/h8-10,12H,5-7H2,1-4H3. The topological polar surface area (TPSA) is 46.5 Å². The summed E-state index contributed by atoms with van der Waals surface area (Å²) in [5, 5.41) is 9.04. The summed E-state index contributed by atoms with van der Waals surface area (Å²) in [4.78, 5) is 11.2. The highest BCUT2D eigenvalue weighted by Gasteiger charge is 2.11. The molecule has 0 saturated carbocycles. The van der Waals surface area contributed by atoms with Gasteiger partial charge < -0.3 is 9.84 Å². The molecule has 0 aliphatic rings. The van der Waals surface area contributed by atoms with Gasteiger partial charge in [0.25, 0.3) is 0 Å². The monoisotopic (exact) mass is 202 g/mol. The lowest BCUT2D eigenvalue weighted by Gasteiger charge is -2.14. The van der Waals surface area contributed by atoms with Crippen LogP contribution in [0.3, 0.4) is 0 Å². The Balaban J connectivity index is 3.60. The molecular formula is C11H22O3. The van der Waals surface area contributed by atoms with Gasteiger partial charge in [-0.05, 0) is 32.6 Å². The predicted octanol–water partition coefficient (Wildman–Crippen LogP) is 2.13. The number of ether oxygens (including phenoxy) is 1. The Morgan fingerprint density at radius 2 is 1.79 bits per heavy atom. The molecule has 0 bridgehead atoms. The molecule has 0 radical (unpaired) electrons. The summed E-state index contributed by atoms with van der Waals surface area (Å²) in [7, 11) is 0. The molecule has 0 rings (SSSR count). The van der Waals surface area contributed by atoms with Crippen LogP contribution in [-0.4, -0.2) is 23.3 Å². The van der Waals surface area contributed by atoms with Crippen LogP contribution in [0.1, 0.15) is 47.0 Å². The Labute approximate surface area is 86.5 Å². The Hall–Kier alpha value is -0.570. The second-order valence-corrected chi connectivity index (χ2v) is 4.32. The van der Waals surface area contributed by atoms with E-state index >= 15 is 0 Å². The van der Waals surface area contributed by atoms with E-state index in [1.807, 2.05) is 20.8 Å². The third-order valence-corrected chi connectivity index (χ3v) is 1.90. The number of hydrogen-bond acceptors (Lipinski definition) is 3. The van der Waals surface area contributed by atoms with Gasteiger partial charge in [0.15, 0.2) is 0 Å². The van der Waals surface area contributed by atoms with Crippen LogP contribution < -0.4 is 0 Å². The fourth-order valence-electron chi connectivity index (χ4n) is 1.14. The van der Waals surface area contributed by atoms with Gasteiger partial charge in [0.05, 0.1) is 12.2 Å². The van der Waals surface area contributed by atoms with E-state index in [0.717, 1.165) is 6.42 Å². The number of carbonyl (C=O) groups is 1. The molecular weight excluding hydrogens is 180 g/mol. The van der Waals surface area contributed by atoms with E-state index in [1.165, 1.54) is 0 Å². The maximum Gasteiger partial charge on any atom is 0.306 e. The molecule has 0 aromatic carbocycles. The summed E-state index contributed by atoms with van der Waals surface area (Å²) in [5.74, 6) is 0.199. The lowest BCUT2D eigenvalue weighted by atomic mass is 10.1. The SMILES string of the molecule is CC(C)CC(=O)OC(C)CCC(C)O. The van der Waals surface area contributed by atoms with Crippen LogP contribution in [0.25, 0.3) is 0 Å². The highest BCUT2D eigenvalue weighted by molar-refractivity contribution is 5.69. The van der Waals surface area contributed by atoms with Crippen molar-refractivity contribution in [2.45, 2.75) is 59.2 Å². The average Bonchev–Trinajstić information content (AvgIpc) is 1.98. The molecule has 3 nitrogen and oxygen atoms in total. The van der Waals surface area contributed by atoms with Crippen LogP contribution in [0, 0.1) is 5.92 Å². The summed E-state index contributed by atoms with van der Waals surface area (Å²) in [6.45, 7) is 7.58. The zero-order valence-electron chi connectivity index (χ0n) is 9.62. The minimum absolute atomic E-state index is 0.0872. The molecule has 0 aromatic heterocycles. The molecule has 0 aliphatic carbocycles. The van der Waals surface area contributed by atoms with Crippen molar-refractivity contribution in [3.63, 3.8) is 0 Å². The third kappa shape index (κ3) is 8.05. The zero-order chi connectivity index (χ0) is 11.1. The normalized spacial score (nSPS) is 15.3. The first-order valence-electron chi connectivity index (χ1n) is 5.29. The van der Waals surface area contributed by atoms with Gasteiger partial charge >= 0.3 is 5.97 Å². The molecule has 1 N–H and O–H groups in total. The molecule has 3 heteroatoms. The minimum atomic E-state index is -0.318. The first kappa shape index (κ1) is 13.4. The number of carbonyl (C=O) groups excluding carboxylic acids is 1. The Kier molecular flexibility index (Phi) is 6.54. The van der Waals surface area contributed by atoms with Gasteiger partial charge in [-0.3, -0.25) is 4.79 Å². The van der Waals surface area contributed by atoms with E-state index in [4.69, 9.17) is 9.84 Å². The molecule has 14 heavy (non-hydrogen) atoms. The molecule has 0 spiro atoms.